The van der Waals surface area contributed by atoms with Gasteiger partial charge in [-0.15, -0.1) is 22.7 Å². The van der Waals surface area contributed by atoms with Crippen LogP contribution in [0.15, 0.2) is 108 Å². The number of hydrogen-bond donors (Lipinski definition) is 2. The monoisotopic (exact) mass is 846 g/mol. The Bertz CT molecular complexity index is 2240. The van der Waals surface area contributed by atoms with Gasteiger partial charge in [0, 0.05) is 23.8 Å². The van der Waals surface area contributed by atoms with Gasteiger partial charge in [0.05, 0.1) is 34.9 Å². The lowest BCUT2D eigenvalue weighted by Gasteiger charge is -2.34. The van der Waals surface area contributed by atoms with Crippen molar-refractivity contribution in [2.45, 2.75) is 50.6 Å². The summed E-state index contributed by atoms with van der Waals surface area (Å²) in [7, 11) is 0. The summed E-state index contributed by atoms with van der Waals surface area (Å²) in [4.78, 5) is 69.4. The summed E-state index contributed by atoms with van der Waals surface area (Å²) in [5.41, 5.74) is 2.23. The van der Waals surface area contributed by atoms with E-state index in [4.69, 9.17) is 19.7 Å². The lowest BCUT2D eigenvalue weighted by Crippen LogP contribution is -2.41. The fourth-order valence-electron chi connectivity index (χ4n) is 6.97. The first kappa shape index (κ1) is 41.6. The minimum absolute atomic E-state index is 0.0129. The molecule has 14 nitrogen and oxygen atoms in total. The standard InChI is InChI=1S/2C22H21N3O4S/c2*26-20(13-29-15-7-2-1-3-8-15)25-12-5-4-11-19(25)21-24-18(14-30-21)16-9-6-10-17(23-16)22(27)28/h2*1-3,6-10,14,19H,4-5,11-13H2,(H,27,28)/t2*19-/m11/s1. The minimum atomic E-state index is -1.07. The number of likely N-dealkylation sites (tertiary alicyclic amines) is 2. The summed E-state index contributed by atoms with van der Waals surface area (Å²) >= 11 is 2.94. The third-order valence-electron chi connectivity index (χ3n) is 9.93. The predicted octanol–water partition coefficient (Wildman–Crippen LogP) is 8.07. The number of carboxylic acids is 2. The molecule has 2 atom stereocenters. The van der Waals surface area contributed by atoms with Crippen LogP contribution in [0.2, 0.25) is 0 Å². The van der Waals surface area contributed by atoms with Crippen LogP contribution < -0.4 is 9.47 Å². The highest BCUT2D eigenvalue weighted by molar-refractivity contribution is 7.10. The molecule has 6 aromatic rings. The van der Waals surface area contributed by atoms with Gasteiger partial charge in [-0.05, 0) is 87.1 Å². The average molecular weight is 847 g/mol. The quantitative estimate of drug-likeness (QED) is 0.121. The molecule has 0 bridgehead atoms. The molecule has 0 unspecified atom stereocenters. The summed E-state index contributed by atoms with van der Waals surface area (Å²) < 4.78 is 11.3. The van der Waals surface area contributed by atoms with Crippen LogP contribution in [-0.2, 0) is 9.59 Å². The van der Waals surface area contributed by atoms with Crippen LogP contribution in [-0.4, -0.2) is 90.0 Å². The number of pyridine rings is 2. The van der Waals surface area contributed by atoms with Gasteiger partial charge in [-0.1, -0.05) is 48.5 Å². The van der Waals surface area contributed by atoms with Gasteiger partial charge in [-0.25, -0.2) is 29.5 Å². The molecule has 308 valence electrons. The smallest absolute Gasteiger partial charge is 0.354 e. The summed E-state index contributed by atoms with van der Waals surface area (Å²) in [5.74, 6) is -0.942. The van der Waals surface area contributed by atoms with Crippen LogP contribution in [0.1, 0.15) is 81.6 Å². The van der Waals surface area contributed by atoms with Crippen LogP contribution in [0, 0.1) is 0 Å². The third-order valence-corrected chi connectivity index (χ3v) is 11.8. The van der Waals surface area contributed by atoms with Crippen molar-refractivity contribution in [3.05, 3.63) is 129 Å². The molecule has 4 aromatic heterocycles. The molecule has 6 heterocycles. The molecule has 0 aliphatic carbocycles. The van der Waals surface area contributed by atoms with Crippen molar-refractivity contribution in [2.24, 2.45) is 0 Å². The Morgan fingerprint density at radius 3 is 1.35 bits per heavy atom. The zero-order valence-electron chi connectivity index (χ0n) is 32.5. The maximum atomic E-state index is 12.9. The molecular formula is C44H42N6O8S2. The number of para-hydroxylation sites is 2. The zero-order valence-corrected chi connectivity index (χ0v) is 34.1. The molecule has 8 rings (SSSR count). The van der Waals surface area contributed by atoms with E-state index in [1.54, 1.807) is 24.3 Å². The van der Waals surface area contributed by atoms with Crippen LogP contribution in [0.4, 0.5) is 0 Å². The molecule has 2 aromatic carbocycles. The van der Waals surface area contributed by atoms with Crippen LogP contribution in [0.5, 0.6) is 11.5 Å². The van der Waals surface area contributed by atoms with Gasteiger partial charge >= 0.3 is 11.9 Å². The van der Waals surface area contributed by atoms with Gasteiger partial charge in [0.1, 0.15) is 32.9 Å². The molecule has 0 saturated carbocycles. The van der Waals surface area contributed by atoms with E-state index in [0.717, 1.165) is 48.5 Å². The van der Waals surface area contributed by atoms with E-state index in [1.165, 1.54) is 34.8 Å². The highest BCUT2D eigenvalue weighted by Crippen LogP contribution is 2.36. The lowest BCUT2D eigenvalue weighted by molar-refractivity contribution is -0.138. The van der Waals surface area contributed by atoms with E-state index in [-0.39, 0.29) is 48.5 Å². The number of nitrogens with zero attached hydrogens (tertiary/aromatic N) is 6. The van der Waals surface area contributed by atoms with E-state index in [2.05, 4.69) is 19.9 Å². The van der Waals surface area contributed by atoms with Gasteiger partial charge in [0.15, 0.2) is 13.2 Å². The first-order valence-corrected chi connectivity index (χ1v) is 21.3. The Kier molecular flexibility index (Phi) is 13.8. The molecular weight excluding hydrogens is 805 g/mol. The van der Waals surface area contributed by atoms with E-state index < -0.39 is 11.9 Å². The molecule has 2 saturated heterocycles. The van der Waals surface area contributed by atoms with Crippen LogP contribution in [0.3, 0.4) is 0 Å². The molecule has 2 fully saturated rings. The Hall–Kier alpha value is -6.52. The lowest BCUT2D eigenvalue weighted by atomic mass is 10.0. The second kappa shape index (κ2) is 20.0. The van der Waals surface area contributed by atoms with Crippen molar-refractivity contribution >= 4 is 46.4 Å². The fraction of sp³-hybridized carbons (Fsp3) is 0.273. The summed E-state index contributed by atoms with van der Waals surface area (Å²) in [6.07, 6.45) is 5.63. The van der Waals surface area contributed by atoms with Gasteiger partial charge in [-0.2, -0.15) is 0 Å². The number of aromatic nitrogens is 4. The normalized spacial score (nSPS) is 16.3. The summed E-state index contributed by atoms with van der Waals surface area (Å²) in [6.45, 7) is 1.31. The zero-order chi connectivity index (χ0) is 41.8. The molecule has 16 heteroatoms. The predicted molar refractivity (Wildman–Crippen MR) is 225 cm³/mol. The number of ether oxygens (including phenoxy) is 2. The van der Waals surface area contributed by atoms with Gasteiger partial charge in [0.2, 0.25) is 0 Å². The van der Waals surface area contributed by atoms with Crippen molar-refractivity contribution in [1.29, 1.82) is 0 Å². The number of carbonyl (C=O) groups excluding carboxylic acids is 2. The van der Waals surface area contributed by atoms with E-state index in [0.29, 0.717) is 47.4 Å². The van der Waals surface area contributed by atoms with E-state index in [1.807, 2.05) is 81.2 Å². The maximum Gasteiger partial charge on any atom is 0.354 e. The van der Waals surface area contributed by atoms with Crippen LogP contribution in [0.25, 0.3) is 22.8 Å². The largest absolute Gasteiger partial charge is 0.484 e. The second-order valence-corrected chi connectivity index (χ2v) is 15.7. The first-order valence-electron chi connectivity index (χ1n) is 19.5. The number of rotatable bonds is 12. The number of carbonyl (C=O) groups is 4. The Morgan fingerprint density at radius 1 is 0.533 bits per heavy atom. The number of aromatic carboxylic acids is 2. The SMILES string of the molecule is O=C(O)c1cccc(-c2csc([C@H]3CCCCN3C(=O)COc3ccccc3)n2)n1.O=C(O)c1cccc(-c2csc([C@H]3CCCCN3C(=O)COc3ccccc3)n2)n1. The van der Waals surface area contributed by atoms with Crippen molar-refractivity contribution in [1.82, 2.24) is 29.7 Å². The summed E-state index contributed by atoms with van der Waals surface area (Å²) in [5, 5.41) is 23.7. The number of benzene rings is 2. The molecule has 60 heavy (non-hydrogen) atoms. The van der Waals surface area contributed by atoms with Crippen molar-refractivity contribution in [2.75, 3.05) is 26.3 Å². The highest BCUT2D eigenvalue weighted by atomic mass is 32.1. The second-order valence-electron chi connectivity index (χ2n) is 14.0. The average Bonchev–Trinajstić information content (AvgIpc) is 4.00. The topological polar surface area (TPSA) is 185 Å². The number of carboxylic acid groups (broad SMARTS) is 2. The fourth-order valence-corrected chi connectivity index (χ4v) is 8.89. The molecule has 2 amide bonds. The van der Waals surface area contributed by atoms with Crippen molar-refractivity contribution < 1.29 is 38.9 Å². The number of thiazole rings is 2. The summed E-state index contributed by atoms with van der Waals surface area (Å²) in [6, 6.07) is 28.1. The van der Waals surface area contributed by atoms with Crippen molar-refractivity contribution in [3.8, 4) is 34.3 Å². The molecule has 0 radical (unpaired) electrons. The Labute approximate surface area is 354 Å². The van der Waals surface area contributed by atoms with Crippen molar-refractivity contribution in [3.63, 3.8) is 0 Å². The first-order chi connectivity index (χ1) is 29.2. The molecule has 2 aliphatic rings. The van der Waals surface area contributed by atoms with Gasteiger partial charge in [0.25, 0.3) is 11.8 Å². The molecule has 0 spiro atoms. The maximum absolute atomic E-state index is 12.9. The van der Waals surface area contributed by atoms with E-state index >= 15 is 0 Å². The van der Waals surface area contributed by atoms with Crippen LogP contribution >= 0.6 is 22.7 Å². The Morgan fingerprint density at radius 2 is 0.950 bits per heavy atom. The van der Waals surface area contributed by atoms with Gasteiger partial charge < -0.3 is 29.5 Å². The third kappa shape index (κ3) is 10.6. The number of hydrogen-bond acceptors (Lipinski definition) is 12. The number of piperidine rings is 2. The molecule has 2 N–H and O–H groups in total. The number of amides is 2. The minimum Gasteiger partial charge on any atom is -0.484 e. The van der Waals surface area contributed by atoms with E-state index in [9.17, 15) is 19.2 Å². The highest BCUT2D eigenvalue weighted by Gasteiger charge is 2.32. The van der Waals surface area contributed by atoms with Gasteiger partial charge in [-0.3, -0.25) is 9.59 Å². The molecule has 2 aliphatic heterocycles. The Balaban J connectivity index is 0.000000181.